The van der Waals surface area contributed by atoms with Crippen molar-refractivity contribution in [1.29, 1.82) is 0 Å². The van der Waals surface area contributed by atoms with Crippen LogP contribution in [0.5, 0.6) is 0 Å². The molecule has 1 aliphatic carbocycles. The van der Waals surface area contributed by atoms with E-state index in [0.717, 1.165) is 43.4 Å². The predicted molar refractivity (Wildman–Crippen MR) is 114 cm³/mol. The van der Waals surface area contributed by atoms with E-state index in [9.17, 15) is 27.5 Å². The van der Waals surface area contributed by atoms with Crippen molar-refractivity contribution in [2.24, 2.45) is 0 Å². The summed E-state index contributed by atoms with van der Waals surface area (Å²) in [6.07, 6.45) is -1.01. The molecule has 32 heavy (non-hydrogen) atoms. The Hall–Kier alpha value is -2.45. The number of fused-ring (bicyclic) bond motifs is 1. The third-order valence-electron chi connectivity index (χ3n) is 5.87. The van der Waals surface area contributed by atoms with E-state index in [1.807, 2.05) is 0 Å². The van der Waals surface area contributed by atoms with Crippen LogP contribution < -0.4 is 10.6 Å². The van der Waals surface area contributed by atoms with Crippen LogP contribution >= 0.6 is 0 Å². The standard InChI is InChI=1S/C24H28F4N2O2/c1-2-14-6-7-16-4-3-5-20(19(16)10-14)29-13-22(31)21(30-24(32)23(27)28)11-15-8-17(25)12-18(26)9-15/h6-10,12,20-23,29,31H,2-5,11,13H2,1H3,(H,30,32). The van der Waals surface area contributed by atoms with Crippen LogP contribution in [0.15, 0.2) is 36.4 Å². The number of aliphatic hydroxyl groups is 1. The highest BCUT2D eigenvalue weighted by molar-refractivity contribution is 5.79. The van der Waals surface area contributed by atoms with E-state index >= 15 is 0 Å². The van der Waals surface area contributed by atoms with Crippen molar-refractivity contribution < 1.29 is 27.5 Å². The molecule has 0 spiro atoms. The Labute approximate surface area is 185 Å². The first kappa shape index (κ1) is 24.2. The van der Waals surface area contributed by atoms with Gasteiger partial charge in [-0.1, -0.05) is 25.1 Å². The summed E-state index contributed by atoms with van der Waals surface area (Å²) in [7, 11) is 0. The molecule has 8 heteroatoms. The fourth-order valence-corrected chi connectivity index (χ4v) is 4.20. The van der Waals surface area contributed by atoms with Crippen molar-refractivity contribution >= 4 is 5.91 Å². The molecule has 0 saturated carbocycles. The molecule has 1 aliphatic rings. The number of hydrogen-bond acceptors (Lipinski definition) is 3. The second kappa shape index (κ2) is 10.9. The Kier molecular flexibility index (Phi) is 8.26. The van der Waals surface area contributed by atoms with Gasteiger partial charge in [0.1, 0.15) is 11.6 Å². The van der Waals surface area contributed by atoms with Gasteiger partial charge < -0.3 is 15.7 Å². The Bertz CT molecular complexity index is 918. The van der Waals surface area contributed by atoms with Crippen LogP contribution in [0.3, 0.4) is 0 Å². The third-order valence-corrected chi connectivity index (χ3v) is 5.87. The van der Waals surface area contributed by atoms with Crippen molar-refractivity contribution in [2.75, 3.05) is 6.54 Å². The van der Waals surface area contributed by atoms with Crippen LogP contribution in [-0.4, -0.2) is 36.1 Å². The molecular formula is C24H28F4N2O2. The summed E-state index contributed by atoms with van der Waals surface area (Å²) in [5.74, 6) is -3.18. The van der Waals surface area contributed by atoms with E-state index in [2.05, 4.69) is 35.8 Å². The number of nitrogens with one attached hydrogen (secondary N) is 2. The average molecular weight is 452 g/mol. The van der Waals surface area contributed by atoms with Gasteiger partial charge in [0, 0.05) is 18.7 Å². The number of hydrogen-bond donors (Lipinski definition) is 3. The largest absolute Gasteiger partial charge is 0.390 e. The lowest BCUT2D eigenvalue weighted by Crippen LogP contribution is -2.50. The maximum atomic E-state index is 13.5. The summed E-state index contributed by atoms with van der Waals surface area (Å²) >= 11 is 0. The van der Waals surface area contributed by atoms with Crippen LogP contribution in [0.2, 0.25) is 0 Å². The van der Waals surface area contributed by atoms with Crippen molar-refractivity contribution in [3.63, 3.8) is 0 Å². The molecule has 0 aromatic heterocycles. The Morgan fingerprint density at radius 2 is 1.84 bits per heavy atom. The van der Waals surface area contributed by atoms with Gasteiger partial charge >= 0.3 is 6.43 Å². The zero-order chi connectivity index (χ0) is 23.3. The fourth-order valence-electron chi connectivity index (χ4n) is 4.20. The second-order valence-corrected chi connectivity index (χ2v) is 8.20. The normalized spacial score (nSPS) is 17.7. The highest BCUT2D eigenvalue weighted by atomic mass is 19.3. The lowest BCUT2D eigenvalue weighted by Gasteiger charge is -2.30. The highest BCUT2D eigenvalue weighted by Crippen LogP contribution is 2.30. The van der Waals surface area contributed by atoms with E-state index < -0.39 is 36.1 Å². The molecule has 0 saturated heterocycles. The maximum absolute atomic E-state index is 13.5. The first-order chi connectivity index (χ1) is 15.3. The minimum absolute atomic E-state index is 0.0158. The Morgan fingerprint density at radius 3 is 2.50 bits per heavy atom. The lowest BCUT2D eigenvalue weighted by atomic mass is 9.86. The van der Waals surface area contributed by atoms with Crippen molar-refractivity contribution in [1.82, 2.24) is 10.6 Å². The fraction of sp³-hybridized carbons (Fsp3) is 0.458. The van der Waals surface area contributed by atoms with Gasteiger partial charge in [0.25, 0.3) is 5.91 Å². The Balaban J connectivity index is 1.72. The number of halogens is 4. The molecule has 2 aromatic carbocycles. The zero-order valence-electron chi connectivity index (χ0n) is 17.9. The summed E-state index contributed by atoms with van der Waals surface area (Å²) in [6.45, 7) is 2.09. The molecule has 0 bridgehead atoms. The number of alkyl halides is 2. The summed E-state index contributed by atoms with van der Waals surface area (Å²) in [4.78, 5) is 11.6. The number of carbonyl (C=O) groups excluding carboxylic acids is 1. The molecule has 0 aliphatic heterocycles. The summed E-state index contributed by atoms with van der Waals surface area (Å²) in [5, 5.41) is 16.1. The molecule has 3 atom stereocenters. The third kappa shape index (κ3) is 6.29. The van der Waals surface area contributed by atoms with Gasteiger partial charge in [-0.05, 0) is 66.5 Å². The van der Waals surface area contributed by atoms with Gasteiger partial charge in [0.05, 0.1) is 12.1 Å². The quantitative estimate of drug-likeness (QED) is 0.507. The molecule has 3 rings (SSSR count). The summed E-state index contributed by atoms with van der Waals surface area (Å²) < 4.78 is 52.7. The first-order valence-corrected chi connectivity index (χ1v) is 10.8. The van der Waals surface area contributed by atoms with Crippen molar-refractivity contribution in [3.8, 4) is 0 Å². The van der Waals surface area contributed by atoms with E-state index in [1.165, 1.54) is 11.1 Å². The molecule has 0 heterocycles. The minimum atomic E-state index is -3.26. The molecule has 3 unspecified atom stereocenters. The first-order valence-electron chi connectivity index (χ1n) is 10.8. The molecule has 3 N–H and O–H groups in total. The maximum Gasteiger partial charge on any atom is 0.315 e. The van der Waals surface area contributed by atoms with Crippen LogP contribution in [0, 0.1) is 11.6 Å². The lowest BCUT2D eigenvalue weighted by molar-refractivity contribution is -0.133. The zero-order valence-corrected chi connectivity index (χ0v) is 17.9. The van der Waals surface area contributed by atoms with Gasteiger partial charge in [-0.2, -0.15) is 8.78 Å². The molecule has 0 fully saturated rings. The number of benzene rings is 2. The van der Waals surface area contributed by atoms with Gasteiger partial charge in [-0.25, -0.2) is 8.78 Å². The summed E-state index contributed by atoms with van der Waals surface area (Å²) in [6, 6.07) is 7.99. The predicted octanol–water partition coefficient (Wildman–Crippen LogP) is 3.85. The molecule has 174 valence electrons. The van der Waals surface area contributed by atoms with Crippen LogP contribution in [0.25, 0.3) is 0 Å². The van der Waals surface area contributed by atoms with Crippen molar-refractivity contribution in [3.05, 3.63) is 70.3 Å². The van der Waals surface area contributed by atoms with Gasteiger partial charge in [-0.15, -0.1) is 0 Å². The van der Waals surface area contributed by atoms with E-state index in [1.54, 1.807) is 0 Å². The SMILES string of the molecule is CCc1ccc2c(c1)C(NCC(O)C(Cc1cc(F)cc(F)c1)NC(=O)C(F)F)CCC2. The Morgan fingerprint density at radius 1 is 1.12 bits per heavy atom. The highest BCUT2D eigenvalue weighted by Gasteiger charge is 2.28. The van der Waals surface area contributed by atoms with Crippen LogP contribution in [0.1, 0.15) is 48.1 Å². The van der Waals surface area contributed by atoms with Crippen molar-refractivity contribution in [2.45, 2.75) is 63.6 Å². The molecule has 2 aromatic rings. The molecule has 1 amide bonds. The number of aryl methyl sites for hydroxylation is 2. The topological polar surface area (TPSA) is 61.4 Å². The van der Waals surface area contributed by atoms with E-state index in [0.29, 0.717) is 6.07 Å². The van der Waals surface area contributed by atoms with Crippen LogP contribution in [0.4, 0.5) is 17.6 Å². The summed E-state index contributed by atoms with van der Waals surface area (Å²) in [5.41, 5.74) is 3.74. The average Bonchev–Trinajstić information content (AvgIpc) is 2.75. The van der Waals surface area contributed by atoms with Gasteiger partial charge in [-0.3, -0.25) is 4.79 Å². The van der Waals surface area contributed by atoms with Gasteiger partial charge in [0.2, 0.25) is 0 Å². The molecule has 4 nitrogen and oxygen atoms in total. The molecule has 0 radical (unpaired) electrons. The number of aliphatic hydroxyl groups excluding tert-OH is 1. The van der Waals surface area contributed by atoms with E-state index in [-0.39, 0.29) is 24.6 Å². The molecular weight excluding hydrogens is 424 g/mol. The van der Waals surface area contributed by atoms with Crippen LogP contribution in [-0.2, 0) is 24.1 Å². The number of carbonyl (C=O) groups is 1. The van der Waals surface area contributed by atoms with E-state index in [4.69, 9.17) is 0 Å². The second-order valence-electron chi connectivity index (χ2n) is 8.20. The minimum Gasteiger partial charge on any atom is -0.390 e. The monoisotopic (exact) mass is 452 g/mol. The van der Waals surface area contributed by atoms with Gasteiger partial charge in [0.15, 0.2) is 0 Å². The number of rotatable bonds is 9. The number of amides is 1. The smallest absolute Gasteiger partial charge is 0.315 e.